The number of carbonyl (C=O) groups excluding carboxylic acids is 1. The fourth-order valence-electron chi connectivity index (χ4n) is 1.87. The largest absolute Gasteiger partial charge is 0.418 e. The number of alkyl halides is 3. The third-order valence-electron chi connectivity index (χ3n) is 3.05. The summed E-state index contributed by atoms with van der Waals surface area (Å²) in [4.78, 5) is 12.1. The Balaban J connectivity index is 3.01. The number of hydrogen-bond acceptors (Lipinski definition) is 3. The molecule has 1 rings (SSSR count). The maximum atomic E-state index is 13.0. The quantitative estimate of drug-likeness (QED) is 0.841. The van der Waals surface area contributed by atoms with E-state index in [1.165, 1.54) is 19.2 Å². The van der Waals surface area contributed by atoms with Crippen molar-refractivity contribution in [3.63, 3.8) is 0 Å². The van der Waals surface area contributed by atoms with Gasteiger partial charge in [-0.05, 0) is 30.9 Å². The zero-order chi connectivity index (χ0) is 16.0. The lowest BCUT2D eigenvalue weighted by molar-refractivity contribution is -0.136. The first-order valence-corrected chi connectivity index (χ1v) is 7.91. The highest BCUT2D eigenvalue weighted by Gasteiger charge is 2.34. The van der Waals surface area contributed by atoms with Crippen LogP contribution >= 0.6 is 11.8 Å². The molecule has 0 spiro atoms. The summed E-state index contributed by atoms with van der Waals surface area (Å²) in [6.07, 6.45) is -1.86. The summed E-state index contributed by atoms with van der Waals surface area (Å²) in [6.45, 7) is 1.92. The number of carbonyl (C=O) groups is 1. The molecule has 0 aromatic heterocycles. The van der Waals surface area contributed by atoms with E-state index in [2.05, 4.69) is 10.6 Å². The summed E-state index contributed by atoms with van der Waals surface area (Å²) in [7, 11) is 1.41. The van der Waals surface area contributed by atoms with Crippen molar-refractivity contribution in [1.82, 2.24) is 5.32 Å². The molecular formula is C14H19F3N2OS. The van der Waals surface area contributed by atoms with Crippen LogP contribution in [0.2, 0.25) is 0 Å². The molecule has 2 N–H and O–H groups in total. The zero-order valence-electron chi connectivity index (χ0n) is 12.2. The number of thioether (sulfide) groups is 1. The summed E-state index contributed by atoms with van der Waals surface area (Å²) in [5, 5.41) is 5.24. The molecule has 0 saturated heterocycles. The molecule has 7 heteroatoms. The third kappa shape index (κ3) is 4.84. The fourth-order valence-corrected chi connectivity index (χ4v) is 2.59. The monoisotopic (exact) mass is 320 g/mol. The van der Waals surface area contributed by atoms with Crippen LogP contribution in [0, 0.1) is 0 Å². The second kappa shape index (κ2) is 7.59. The van der Waals surface area contributed by atoms with Crippen molar-refractivity contribution in [1.29, 1.82) is 0 Å². The summed E-state index contributed by atoms with van der Waals surface area (Å²) in [6, 6.07) is 3.49. The third-order valence-corrected chi connectivity index (χ3v) is 3.79. The predicted octanol–water partition coefficient (Wildman–Crippen LogP) is 3.62. The molecule has 1 amide bonds. The minimum atomic E-state index is -4.50. The predicted molar refractivity (Wildman–Crippen MR) is 80.9 cm³/mol. The van der Waals surface area contributed by atoms with E-state index in [1.54, 1.807) is 11.8 Å². The lowest BCUT2D eigenvalue weighted by atomic mass is 10.1. The lowest BCUT2D eigenvalue weighted by Crippen LogP contribution is -2.36. The highest BCUT2D eigenvalue weighted by atomic mass is 32.2. The first-order valence-electron chi connectivity index (χ1n) is 6.52. The van der Waals surface area contributed by atoms with E-state index < -0.39 is 17.6 Å². The highest BCUT2D eigenvalue weighted by Crippen LogP contribution is 2.35. The van der Waals surface area contributed by atoms with Crippen LogP contribution in [0.15, 0.2) is 18.2 Å². The molecule has 0 bridgehead atoms. The van der Waals surface area contributed by atoms with Gasteiger partial charge in [0, 0.05) is 30.1 Å². The van der Waals surface area contributed by atoms with Gasteiger partial charge in [0.05, 0.1) is 5.56 Å². The highest BCUT2D eigenvalue weighted by molar-refractivity contribution is 7.98. The topological polar surface area (TPSA) is 41.1 Å². The minimum Gasteiger partial charge on any atom is -0.388 e. The van der Waals surface area contributed by atoms with Gasteiger partial charge in [0.2, 0.25) is 0 Å². The molecule has 0 saturated carbocycles. The van der Waals surface area contributed by atoms with Crippen molar-refractivity contribution in [3.05, 3.63) is 29.3 Å². The van der Waals surface area contributed by atoms with Gasteiger partial charge < -0.3 is 10.6 Å². The molecular weight excluding hydrogens is 301 g/mol. The normalized spacial score (nSPS) is 12.9. The average Bonchev–Trinajstić information content (AvgIpc) is 2.44. The maximum Gasteiger partial charge on any atom is 0.418 e. The Bertz CT molecular complexity index is 492. The van der Waals surface area contributed by atoms with Gasteiger partial charge in [0.25, 0.3) is 5.91 Å². The minimum absolute atomic E-state index is 0.0147. The van der Waals surface area contributed by atoms with Gasteiger partial charge in [-0.1, -0.05) is 6.92 Å². The van der Waals surface area contributed by atoms with Crippen LogP contribution in [-0.2, 0) is 6.18 Å². The molecule has 0 aliphatic heterocycles. The van der Waals surface area contributed by atoms with Gasteiger partial charge in [0.1, 0.15) is 0 Å². The van der Waals surface area contributed by atoms with E-state index in [1.807, 2.05) is 13.2 Å². The van der Waals surface area contributed by atoms with E-state index in [9.17, 15) is 18.0 Å². The van der Waals surface area contributed by atoms with Crippen molar-refractivity contribution in [2.24, 2.45) is 0 Å². The van der Waals surface area contributed by atoms with E-state index >= 15 is 0 Å². The molecule has 0 heterocycles. The molecule has 0 aliphatic rings. The molecule has 1 aromatic rings. The lowest BCUT2D eigenvalue weighted by Gasteiger charge is -2.17. The number of anilines is 1. The van der Waals surface area contributed by atoms with Gasteiger partial charge in [-0.25, -0.2) is 0 Å². The van der Waals surface area contributed by atoms with Crippen LogP contribution in [0.3, 0.4) is 0 Å². The van der Waals surface area contributed by atoms with Crippen LogP contribution in [0.4, 0.5) is 18.9 Å². The Morgan fingerprint density at radius 1 is 1.38 bits per heavy atom. The van der Waals surface area contributed by atoms with Crippen molar-refractivity contribution >= 4 is 23.4 Å². The fraction of sp³-hybridized carbons (Fsp3) is 0.500. The van der Waals surface area contributed by atoms with Crippen LogP contribution in [0.1, 0.15) is 29.3 Å². The molecule has 1 unspecified atom stereocenters. The van der Waals surface area contributed by atoms with E-state index in [0.717, 1.165) is 18.2 Å². The van der Waals surface area contributed by atoms with E-state index in [4.69, 9.17) is 0 Å². The van der Waals surface area contributed by atoms with Gasteiger partial charge in [-0.2, -0.15) is 24.9 Å². The standard InChI is InChI=1S/C14H19F3N2OS/c1-4-10(8-21-3)19-13(20)9-5-6-12(18-2)11(7-9)14(15,16)17/h5-7,10,18H,4,8H2,1-3H3,(H,19,20). The van der Waals surface area contributed by atoms with Crippen LogP contribution < -0.4 is 10.6 Å². The molecule has 0 radical (unpaired) electrons. The van der Waals surface area contributed by atoms with Gasteiger partial charge in [-0.15, -0.1) is 0 Å². The van der Waals surface area contributed by atoms with Crippen LogP contribution in [-0.4, -0.2) is 31.0 Å². The molecule has 0 fully saturated rings. The Kier molecular flexibility index (Phi) is 6.39. The Hall–Kier alpha value is -1.37. The average molecular weight is 320 g/mol. The first-order chi connectivity index (χ1) is 9.83. The first kappa shape index (κ1) is 17.7. The molecule has 118 valence electrons. The van der Waals surface area contributed by atoms with Crippen molar-refractivity contribution in [3.8, 4) is 0 Å². The molecule has 1 aromatic carbocycles. The maximum absolute atomic E-state index is 13.0. The van der Waals surface area contributed by atoms with Crippen molar-refractivity contribution in [2.75, 3.05) is 24.4 Å². The molecule has 0 aliphatic carbocycles. The molecule has 21 heavy (non-hydrogen) atoms. The van der Waals surface area contributed by atoms with E-state index in [-0.39, 0.29) is 17.3 Å². The van der Waals surface area contributed by atoms with Gasteiger partial charge >= 0.3 is 6.18 Å². The van der Waals surface area contributed by atoms with Gasteiger partial charge in [0.15, 0.2) is 0 Å². The van der Waals surface area contributed by atoms with Crippen molar-refractivity contribution < 1.29 is 18.0 Å². The Morgan fingerprint density at radius 2 is 2.05 bits per heavy atom. The van der Waals surface area contributed by atoms with Crippen LogP contribution in [0.5, 0.6) is 0 Å². The second-order valence-electron chi connectivity index (χ2n) is 4.54. The number of nitrogens with one attached hydrogen (secondary N) is 2. The Morgan fingerprint density at radius 3 is 2.52 bits per heavy atom. The summed E-state index contributed by atoms with van der Waals surface area (Å²) in [5.74, 6) is 0.243. The number of hydrogen-bond donors (Lipinski definition) is 2. The molecule has 1 atom stereocenters. The second-order valence-corrected chi connectivity index (χ2v) is 5.45. The van der Waals surface area contributed by atoms with Gasteiger partial charge in [-0.3, -0.25) is 4.79 Å². The SMILES string of the molecule is CCC(CSC)NC(=O)c1ccc(NC)c(C(F)(F)F)c1. The van der Waals surface area contributed by atoms with E-state index in [0.29, 0.717) is 0 Å². The summed E-state index contributed by atoms with van der Waals surface area (Å²) in [5.41, 5.74) is -0.869. The summed E-state index contributed by atoms with van der Waals surface area (Å²) >= 11 is 1.58. The number of amides is 1. The number of halogens is 3. The van der Waals surface area contributed by atoms with Crippen LogP contribution in [0.25, 0.3) is 0 Å². The smallest absolute Gasteiger partial charge is 0.388 e. The summed E-state index contributed by atoms with van der Waals surface area (Å²) < 4.78 is 38.9. The number of benzene rings is 1. The Labute approximate surface area is 126 Å². The zero-order valence-corrected chi connectivity index (χ0v) is 13.0. The molecule has 3 nitrogen and oxygen atoms in total. The number of rotatable bonds is 6. The van der Waals surface area contributed by atoms with Crippen molar-refractivity contribution in [2.45, 2.75) is 25.6 Å².